The Labute approximate surface area is 80.4 Å². The van der Waals surface area contributed by atoms with Crippen molar-refractivity contribution in [2.24, 2.45) is 5.92 Å². The highest BCUT2D eigenvalue weighted by molar-refractivity contribution is 4.93. The monoisotopic (exact) mass is 181 g/mol. The van der Waals surface area contributed by atoms with Crippen LogP contribution in [0.4, 0.5) is 0 Å². The Morgan fingerprint density at radius 2 is 2.23 bits per heavy atom. The highest BCUT2D eigenvalue weighted by atomic mass is 16.5. The molecule has 0 aromatic rings. The lowest BCUT2D eigenvalue weighted by atomic mass is 10.0. The summed E-state index contributed by atoms with van der Waals surface area (Å²) in [6, 6.07) is 0.826. The van der Waals surface area contributed by atoms with Gasteiger partial charge in [0.2, 0.25) is 0 Å². The van der Waals surface area contributed by atoms with Gasteiger partial charge in [0.25, 0.3) is 0 Å². The molecule has 2 fully saturated rings. The summed E-state index contributed by atoms with van der Waals surface area (Å²) in [7, 11) is 0. The first kappa shape index (κ1) is 9.22. The molecule has 13 heavy (non-hydrogen) atoms. The Bertz CT molecular complexity index is 169. The molecule has 0 aromatic carbocycles. The van der Waals surface area contributed by atoms with Crippen LogP contribution in [0.1, 0.15) is 25.7 Å². The third-order valence-corrected chi connectivity index (χ3v) is 2.71. The van der Waals surface area contributed by atoms with Crippen LogP contribution in [0.5, 0.6) is 0 Å². The second-order valence-electron chi connectivity index (χ2n) is 4.09. The van der Waals surface area contributed by atoms with E-state index in [1.54, 1.807) is 0 Å². The number of nitrogens with one attached hydrogen (secondary N) is 1. The number of hydrogen-bond acceptors (Lipinski definition) is 2. The van der Waals surface area contributed by atoms with Gasteiger partial charge in [0, 0.05) is 25.1 Å². The van der Waals surface area contributed by atoms with Crippen molar-refractivity contribution in [3.8, 4) is 0 Å². The third-order valence-electron chi connectivity index (χ3n) is 2.71. The van der Waals surface area contributed by atoms with Crippen molar-refractivity contribution >= 4 is 0 Å². The van der Waals surface area contributed by atoms with Crippen LogP contribution in [-0.4, -0.2) is 25.8 Å². The van der Waals surface area contributed by atoms with Gasteiger partial charge in [-0.05, 0) is 25.7 Å². The van der Waals surface area contributed by atoms with Gasteiger partial charge in [-0.15, -0.1) is 0 Å². The second-order valence-corrected chi connectivity index (χ2v) is 4.09. The normalized spacial score (nSPS) is 29.7. The van der Waals surface area contributed by atoms with E-state index >= 15 is 0 Å². The predicted molar refractivity (Wildman–Crippen MR) is 53.7 cm³/mol. The number of rotatable bonds is 4. The Hall–Kier alpha value is -0.340. The molecule has 1 atom stereocenters. The summed E-state index contributed by atoms with van der Waals surface area (Å²) in [6.07, 6.45) is 9.86. The lowest BCUT2D eigenvalue weighted by Crippen LogP contribution is -2.18. The molecule has 1 saturated heterocycles. The van der Waals surface area contributed by atoms with Crippen molar-refractivity contribution in [3.05, 3.63) is 12.2 Å². The van der Waals surface area contributed by atoms with E-state index in [-0.39, 0.29) is 0 Å². The fraction of sp³-hybridized carbons (Fsp3) is 0.818. The molecule has 1 N–H and O–H groups in total. The Kier molecular flexibility index (Phi) is 3.39. The van der Waals surface area contributed by atoms with Crippen LogP contribution >= 0.6 is 0 Å². The van der Waals surface area contributed by atoms with Crippen LogP contribution in [-0.2, 0) is 4.74 Å². The molecule has 0 bridgehead atoms. The van der Waals surface area contributed by atoms with Gasteiger partial charge in [0.1, 0.15) is 0 Å². The zero-order valence-electron chi connectivity index (χ0n) is 8.17. The minimum absolute atomic E-state index is 0.676. The van der Waals surface area contributed by atoms with Gasteiger partial charge in [0.15, 0.2) is 0 Å². The topological polar surface area (TPSA) is 21.3 Å². The van der Waals surface area contributed by atoms with Crippen LogP contribution < -0.4 is 5.32 Å². The lowest BCUT2D eigenvalue weighted by Gasteiger charge is -2.18. The quantitative estimate of drug-likeness (QED) is 0.667. The Morgan fingerprint density at radius 3 is 2.92 bits per heavy atom. The Balaban J connectivity index is 1.57. The van der Waals surface area contributed by atoms with E-state index in [0.29, 0.717) is 5.92 Å². The van der Waals surface area contributed by atoms with E-state index in [4.69, 9.17) is 4.74 Å². The van der Waals surface area contributed by atoms with E-state index in [9.17, 15) is 0 Å². The maximum Gasteiger partial charge on any atom is 0.0528 e. The van der Waals surface area contributed by atoms with Crippen molar-refractivity contribution in [3.63, 3.8) is 0 Å². The highest BCUT2D eigenvalue weighted by Gasteiger charge is 2.19. The van der Waals surface area contributed by atoms with E-state index in [0.717, 1.165) is 25.8 Å². The number of hydrogen-bond donors (Lipinski definition) is 1. The second kappa shape index (κ2) is 4.77. The predicted octanol–water partition coefficient (Wildman–Crippen LogP) is 1.72. The van der Waals surface area contributed by atoms with Crippen molar-refractivity contribution < 1.29 is 4.74 Å². The molecule has 2 aliphatic rings. The van der Waals surface area contributed by atoms with Crippen molar-refractivity contribution in [2.45, 2.75) is 31.7 Å². The average molecular weight is 181 g/mol. The molecule has 0 aromatic heterocycles. The minimum atomic E-state index is 0.676. The van der Waals surface area contributed by atoms with Crippen LogP contribution in [0, 0.1) is 5.92 Å². The first-order valence-electron chi connectivity index (χ1n) is 5.43. The van der Waals surface area contributed by atoms with Crippen molar-refractivity contribution in [1.29, 1.82) is 0 Å². The maximum atomic E-state index is 5.40. The van der Waals surface area contributed by atoms with E-state index in [2.05, 4.69) is 17.5 Å². The zero-order valence-corrected chi connectivity index (χ0v) is 8.17. The molecule has 0 radical (unpaired) electrons. The molecule has 1 unspecified atom stereocenters. The fourth-order valence-corrected chi connectivity index (χ4v) is 1.70. The van der Waals surface area contributed by atoms with Crippen LogP contribution in [0.2, 0.25) is 0 Å². The van der Waals surface area contributed by atoms with E-state index in [1.165, 1.54) is 25.7 Å². The molecule has 1 heterocycles. The fourth-order valence-electron chi connectivity index (χ4n) is 1.70. The van der Waals surface area contributed by atoms with Gasteiger partial charge in [-0.3, -0.25) is 0 Å². The Morgan fingerprint density at radius 1 is 1.31 bits per heavy atom. The molecule has 0 amide bonds. The summed E-state index contributed by atoms with van der Waals surface area (Å²) in [5.74, 6) is 0.676. The van der Waals surface area contributed by atoms with Crippen molar-refractivity contribution in [2.75, 3.05) is 19.8 Å². The summed E-state index contributed by atoms with van der Waals surface area (Å²) in [6.45, 7) is 2.94. The highest BCUT2D eigenvalue weighted by Crippen LogP contribution is 2.18. The molecular formula is C11H19NO. The molecule has 2 heteroatoms. The van der Waals surface area contributed by atoms with Crippen LogP contribution in [0.25, 0.3) is 0 Å². The molecule has 0 spiro atoms. The molecule has 1 aliphatic carbocycles. The molecule has 2 nitrogen and oxygen atoms in total. The third kappa shape index (κ3) is 3.49. The minimum Gasteiger partial charge on any atom is -0.381 e. The standard InChI is InChI=1S/C11H19NO/c1(7-12-11-5-6-11)3-10-4-2-8-13-9-10/h1,3,10-12H,2,4-9H2. The summed E-state index contributed by atoms with van der Waals surface area (Å²) in [4.78, 5) is 0. The molecule has 1 saturated carbocycles. The smallest absolute Gasteiger partial charge is 0.0528 e. The van der Waals surface area contributed by atoms with Gasteiger partial charge in [-0.2, -0.15) is 0 Å². The summed E-state index contributed by atoms with van der Waals surface area (Å²) < 4.78 is 5.40. The number of ether oxygens (including phenoxy) is 1. The van der Waals surface area contributed by atoms with Gasteiger partial charge in [-0.25, -0.2) is 0 Å². The van der Waals surface area contributed by atoms with E-state index in [1.807, 2.05) is 0 Å². The van der Waals surface area contributed by atoms with Gasteiger partial charge >= 0.3 is 0 Å². The van der Waals surface area contributed by atoms with Gasteiger partial charge < -0.3 is 10.1 Å². The lowest BCUT2D eigenvalue weighted by molar-refractivity contribution is 0.0709. The summed E-state index contributed by atoms with van der Waals surface area (Å²) >= 11 is 0. The summed E-state index contributed by atoms with van der Waals surface area (Å²) in [5, 5.41) is 3.47. The summed E-state index contributed by atoms with van der Waals surface area (Å²) in [5.41, 5.74) is 0. The van der Waals surface area contributed by atoms with Crippen LogP contribution in [0.15, 0.2) is 12.2 Å². The van der Waals surface area contributed by atoms with Gasteiger partial charge in [0.05, 0.1) is 6.61 Å². The first-order valence-corrected chi connectivity index (χ1v) is 5.43. The molecule has 74 valence electrons. The van der Waals surface area contributed by atoms with E-state index < -0.39 is 0 Å². The van der Waals surface area contributed by atoms with Crippen molar-refractivity contribution in [1.82, 2.24) is 5.32 Å². The van der Waals surface area contributed by atoms with Crippen LogP contribution in [0.3, 0.4) is 0 Å². The zero-order chi connectivity index (χ0) is 8.93. The molecule has 1 aliphatic heterocycles. The molecule has 2 rings (SSSR count). The maximum absolute atomic E-state index is 5.40. The SMILES string of the molecule is C(=CC1CCCOC1)CNC1CC1. The molecular weight excluding hydrogens is 162 g/mol. The average Bonchev–Trinajstić information content (AvgIpc) is 2.98. The largest absolute Gasteiger partial charge is 0.381 e. The first-order chi connectivity index (χ1) is 6.45. The van der Waals surface area contributed by atoms with Gasteiger partial charge in [-0.1, -0.05) is 12.2 Å².